The van der Waals surface area contributed by atoms with Crippen molar-refractivity contribution in [2.24, 2.45) is 0 Å². The van der Waals surface area contributed by atoms with Gasteiger partial charge in [-0.25, -0.2) is 0 Å². The third-order valence-electron chi connectivity index (χ3n) is 3.47. The van der Waals surface area contributed by atoms with Crippen LogP contribution in [0.3, 0.4) is 0 Å². The van der Waals surface area contributed by atoms with Crippen molar-refractivity contribution in [1.82, 2.24) is 4.90 Å². The van der Waals surface area contributed by atoms with Crippen molar-refractivity contribution in [3.8, 4) is 5.75 Å². The molecule has 0 aliphatic heterocycles. The molecule has 0 atom stereocenters. The van der Waals surface area contributed by atoms with E-state index in [4.69, 9.17) is 9.84 Å². The number of aliphatic hydroxyl groups excluding tert-OH is 1. The SMILES string of the molecule is CC(C)Oc1ccc(CN(C)C(C)(C)CCO)cc1. The first-order valence-electron chi connectivity index (χ1n) is 6.93. The van der Waals surface area contributed by atoms with Crippen molar-refractivity contribution in [3.63, 3.8) is 0 Å². The Balaban J connectivity index is 2.62. The highest BCUT2D eigenvalue weighted by atomic mass is 16.5. The molecule has 1 aromatic rings. The zero-order valence-electron chi connectivity index (χ0n) is 12.8. The highest BCUT2D eigenvalue weighted by molar-refractivity contribution is 5.27. The van der Waals surface area contributed by atoms with Crippen LogP contribution in [-0.2, 0) is 6.54 Å². The van der Waals surface area contributed by atoms with E-state index in [-0.39, 0.29) is 18.2 Å². The molecular weight excluding hydrogens is 238 g/mol. The Morgan fingerprint density at radius 2 is 1.79 bits per heavy atom. The van der Waals surface area contributed by atoms with Gasteiger partial charge in [0.15, 0.2) is 0 Å². The van der Waals surface area contributed by atoms with E-state index in [1.165, 1.54) is 5.56 Å². The fraction of sp³-hybridized carbons (Fsp3) is 0.625. The Morgan fingerprint density at radius 3 is 2.26 bits per heavy atom. The fourth-order valence-electron chi connectivity index (χ4n) is 1.90. The molecule has 0 aliphatic rings. The summed E-state index contributed by atoms with van der Waals surface area (Å²) in [5.74, 6) is 0.913. The molecule has 0 radical (unpaired) electrons. The average Bonchev–Trinajstić information content (AvgIpc) is 2.30. The lowest BCUT2D eigenvalue weighted by molar-refractivity contribution is 0.110. The van der Waals surface area contributed by atoms with Crippen molar-refractivity contribution >= 4 is 0 Å². The van der Waals surface area contributed by atoms with Gasteiger partial charge in [-0.05, 0) is 58.9 Å². The second-order valence-electron chi connectivity index (χ2n) is 5.95. The van der Waals surface area contributed by atoms with Crippen LogP contribution in [0, 0.1) is 0 Å². The molecule has 0 bridgehead atoms. The van der Waals surface area contributed by atoms with Crippen LogP contribution in [0.2, 0.25) is 0 Å². The highest BCUT2D eigenvalue weighted by Gasteiger charge is 2.22. The van der Waals surface area contributed by atoms with Gasteiger partial charge in [-0.2, -0.15) is 0 Å². The standard InChI is InChI=1S/C16H27NO2/c1-13(2)19-15-8-6-14(7-9-15)12-17(5)16(3,4)10-11-18/h6-9,13,18H,10-12H2,1-5H3. The smallest absolute Gasteiger partial charge is 0.119 e. The number of hydrogen-bond donors (Lipinski definition) is 1. The maximum absolute atomic E-state index is 9.09. The van der Waals surface area contributed by atoms with Crippen molar-refractivity contribution in [1.29, 1.82) is 0 Å². The molecule has 3 nitrogen and oxygen atoms in total. The van der Waals surface area contributed by atoms with Crippen LogP contribution in [0.5, 0.6) is 5.75 Å². The Morgan fingerprint density at radius 1 is 1.21 bits per heavy atom. The second-order valence-corrected chi connectivity index (χ2v) is 5.95. The minimum Gasteiger partial charge on any atom is -0.491 e. The van der Waals surface area contributed by atoms with Gasteiger partial charge in [-0.3, -0.25) is 4.90 Å². The van der Waals surface area contributed by atoms with Crippen LogP contribution >= 0.6 is 0 Å². The fourth-order valence-corrected chi connectivity index (χ4v) is 1.90. The van der Waals surface area contributed by atoms with E-state index in [1.54, 1.807) is 0 Å². The molecule has 1 N–H and O–H groups in total. The van der Waals surface area contributed by atoms with Crippen LogP contribution in [0.25, 0.3) is 0 Å². The number of benzene rings is 1. The van der Waals surface area contributed by atoms with Crippen LogP contribution in [-0.4, -0.2) is 35.3 Å². The van der Waals surface area contributed by atoms with E-state index in [1.807, 2.05) is 26.0 Å². The van der Waals surface area contributed by atoms with Gasteiger partial charge in [0, 0.05) is 18.7 Å². The third-order valence-corrected chi connectivity index (χ3v) is 3.47. The minimum atomic E-state index is 0.00184. The van der Waals surface area contributed by atoms with E-state index in [0.717, 1.165) is 18.7 Å². The van der Waals surface area contributed by atoms with Crippen LogP contribution in [0.15, 0.2) is 24.3 Å². The van der Waals surface area contributed by atoms with Gasteiger partial charge in [0.1, 0.15) is 5.75 Å². The first-order chi connectivity index (χ1) is 8.85. The summed E-state index contributed by atoms with van der Waals surface area (Å²) in [6, 6.07) is 8.23. The molecule has 1 aromatic carbocycles. The lowest BCUT2D eigenvalue weighted by Crippen LogP contribution is -2.41. The first kappa shape index (κ1) is 16.0. The molecular formula is C16H27NO2. The zero-order valence-corrected chi connectivity index (χ0v) is 12.8. The lowest BCUT2D eigenvalue weighted by Gasteiger charge is -2.35. The first-order valence-corrected chi connectivity index (χ1v) is 6.93. The molecule has 0 aliphatic carbocycles. The van der Waals surface area contributed by atoms with Crippen LogP contribution in [0.1, 0.15) is 39.7 Å². The summed E-state index contributed by atoms with van der Waals surface area (Å²) in [5, 5.41) is 9.09. The molecule has 0 aromatic heterocycles. The summed E-state index contributed by atoms with van der Waals surface area (Å²) in [7, 11) is 2.09. The van der Waals surface area contributed by atoms with E-state index >= 15 is 0 Å². The molecule has 1 rings (SSSR count). The van der Waals surface area contributed by atoms with Crippen LogP contribution in [0.4, 0.5) is 0 Å². The monoisotopic (exact) mass is 265 g/mol. The third kappa shape index (κ3) is 5.21. The molecule has 0 spiro atoms. The molecule has 0 fully saturated rings. The molecule has 3 heteroatoms. The highest BCUT2D eigenvalue weighted by Crippen LogP contribution is 2.21. The Bertz CT molecular complexity index is 371. The summed E-state index contributed by atoms with van der Waals surface area (Å²) in [5.41, 5.74) is 1.26. The Labute approximate surface area is 117 Å². The number of ether oxygens (including phenoxy) is 1. The number of aliphatic hydroxyl groups is 1. The summed E-state index contributed by atoms with van der Waals surface area (Å²) in [4.78, 5) is 2.27. The predicted molar refractivity (Wildman–Crippen MR) is 79.5 cm³/mol. The van der Waals surface area contributed by atoms with Gasteiger partial charge in [-0.15, -0.1) is 0 Å². The quantitative estimate of drug-likeness (QED) is 0.822. The van der Waals surface area contributed by atoms with E-state index in [9.17, 15) is 0 Å². The number of hydrogen-bond acceptors (Lipinski definition) is 3. The largest absolute Gasteiger partial charge is 0.491 e. The minimum absolute atomic E-state index is 0.00184. The van der Waals surface area contributed by atoms with Crippen LogP contribution < -0.4 is 4.74 Å². The predicted octanol–water partition coefficient (Wildman–Crippen LogP) is 3.07. The van der Waals surface area contributed by atoms with E-state index in [0.29, 0.717) is 0 Å². The van der Waals surface area contributed by atoms with Crippen molar-refractivity contribution < 1.29 is 9.84 Å². The van der Waals surface area contributed by atoms with Gasteiger partial charge in [0.25, 0.3) is 0 Å². The normalized spacial score (nSPS) is 12.2. The molecule has 0 saturated heterocycles. The summed E-state index contributed by atoms with van der Waals surface area (Å²) in [6.07, 6.45) is 0.981. The number of nitrogens with zero attached hydrogens (tertiary/aromatic N) is 1. The van der Waals surface area contributed by atoms with Gasteiger partial charge in [0.2, 0.25) is 0 Å². The van der Waals surface area contributed by atoms with E-state index in [2.05, 4.69) is 37.9 Å². The van der Waals surface area contributed by atoms with Gasteiger partial charge in [-0.1, -0.05) is 12.1 Å². The van der Waals surface area contributed by atoms with Crippen molar-refractivity contribution in [2.45, 2.75) is 52.3 Å². The summed E-state index contributed by atoms with van der Waals surface area (Å²) >= 11 is 0. The molecule has 0 heterocycles. The molecule has 19 heavy (non-hydrogen) atoms. The molecule has 0 unspecified atom stereocenters. The zero-order chi connectivity index (χ0) is 14.5. The van der Waals surface area contributed by atoms with Gasteiger partial charge >= 0.3 is 0 Å². The maximum atomic E-state index is 9.09. The van der Waals surface area contributed by atoms with E-state index < -0.39 is 0 Å². The Kier molecular flexibility index (Phi) is 5.83. The second kappa shape index (κ2) is 6.92. The average molecular weight is 265 g/mol. The Hall–Kier alpha value is -1.06. The molecule has 0 saturated carbocycles. The topological polar surface area (TPSA) is 32.7 Å². The number of rotatable bonds is 7. The van der Waals surface area contributed by atoms with Crippen molar-refractivity contribution in [3.05, 3.63) is 29.8 Å². The lowest BCUT2D eigenvalue weighted by atomic mass is 9.98. The molecule has 108 valence electrons. The molecule has 0 amide bonds. The van der Waals surface area contributed by atoms with Gasteiger partial charge in [0.05, 0.1) is 6.10 Å². The van der Waals surface area contributed by atoms with Crippen molar-refractivity contribution in [2.75, 3.05) is 13.7 Å². The van der Waals surface area contributed by atoms with Gasteiger partial charge < -0.3 is 9.84 Å². The maximum Gasteiger partial charge on any atom is 0.119 e. The summed E-state index contributed by atoms with van der Waals surface area (Å²) in [6.45, 7) is 9.45. The summed E-state index contributed by atoms with van der Waals surface area (Å²) < 4.78 is 5.63.